The van der Waals surface area contributed by atoms with E-state index in [2.05, 4.69) is 16.8 Å². The molecule has 0 radical (unpaired) electrons. The van der Waals surface area contributed by atoms with Crippen LogP contribution in [0, 0.1) is 5.92 Å². The molecule has 1 aliphatic heterocycles. The van der Waals surface area contributed by atoms with Gasteiger partial charge in [-0.2, -0.15) is 0 Å². The van der Waals surface area contributed by atoms with Gasteiger partial charge in [0.05, 0.1) is 0 Å². The van der Waals surface area contributed by atoms with Gasteiger partial charge < -0.3 is 0 Å². The number of thiazole rings is 1. The second-order valence-electron chi connectivity index (χ2n) is 3.88. The number of aromatic nitrogens is 1. The molecule has 4 heteroatoms. The third-order valence-corrected chi connectivity index (χ3v) is 3.95. The highest BCUT2D eigenvalue weighted by Crippen LogP contribution is 2.24. The Morgan fingerprint density at radius 2 is 2.57 bits per heavy atom. The second-order valence-corrected chi connectivity index (χ2v) is 5.57. The summed E-state index contributed by atoms with van der Waals surface area (Å²) in [5.41, 5.74) is 0. The van der Waals surface area contributed by atoms with E-state index in [1.807, 2.05) is 6.20 Å². The van der Waals surface area contributed by atoms with Crippen LogP contribution in [0.25, 0.3) is 0 Å². The first-order valence-electron chi connectivity index (χ1n) is 5.10. The van der Waals surface area contributed by atoms with Gasteiger partial charge in [-0.1, -0.05) is 24.9 Å². The van der Waals surface area contributed by atoms with Gasteiger partial charge in [0.1, 0.15) is 0 Å². The Labute approximate surface area is 93.9 Å². The lowest BCUT2D eigenvalue weighted by Gasteiger charge is -2.13. The van der Waals surface area contributed by atoms with Crippen molar-refractivity contribution in [1.29, 1.82) is 0 Å². The number of hydrogen-bond acceptors (Lipinski definition) is 3. The highest BCUT2D eigenvalue weighted by Gasteiger charge is 2.21. The zero-order chi connectivity index (χ0) is 9.97. The molecule has 1 aromatic heterocycles. The van der Waals surface area contributed by atoms with Crippen molar-refractivity contribution in [1.82, 2.24) is 9.88 Å². The molecule has 0 spiro atoms. The quantitative estimate of drug-likeness (QED) is 0.794. The van der Waals surface area contributed by atoms with Gasteiger partial charge in [0.25, 0.3) is 0 Å². The van der Waals surface area contributed by atoms with Gasteiger partial charge in [-0.3, -0.25) is 4.90 Å². The number of halogens is 1. The summed E-state index contributed by atoms with van der Waals surface area (Å²) in [6.45, 7) is 5.78. The Morgan fingerprint density at radius 3 is 3.14 bits per heavy atom. The maximum atomic E-state index is 5.79. The third kappa shape index (κ3) is 2.47. The molecule has 1 fully saturated rings. The van der Waals surface area contributed by atoms with E-state index in [9.17, 15) is 0 Å². The van der Waals surface area contributed by atoms with Crippen molar-refractivity contribution in [3.8, 4) is 0 Å². The van der Waals surface area contributed by atoms with Gasteiger partial charge in [0.15, 0.2) is 4.47 Å². The monoisotopic (exact) mass is 230 g/mol. The van der Waals surface area contributed by atoms with Crippen molar-refractivity contribution in [3.63, 3.8) is 0 Å². The molecule has 0 saturated carbocycles. The smallest absolute Gasteiger partial charge is 0.183 e. The van der Waals surface area contributed by atoms with Crippen LogP contribution in [0.2, 0.25) is 4.47 Å². The van der Waals surface area contributed by atoms with Crippen LogP contribution in [0.1, 0.15) is 24.6 Å². The van der Waals surface area contributed by atoms with Crippen LogP contribution in [-0.4, -0.2) is 23.0 Å². The van der Waals surface area contributed by atoms with Crippen molar-refractivity contribution in [2.45, 2.75) is 26.3 Å². The van der Waals surface area contributed by atoms with Gasteiger partial charge in [-0.25, -0.2) is 4.98 Å². The lowest BCUT2D eigenvalue weighted by molar-refractivity contribution is 0.318. The molecule has 1 atom stereocenters. The molecule has 2 heterocycles. The summed E-state index contributed by atoms with van der Waals surface area (Å²) in [5, 5.41) is 0. The predicted molar refractivity (Wildman–Crippen MR) is 60.8 cm³/mol. The molecular weight excluding hydrogens is 216 g/mol. The zero-order valence-corrected chi connectivity index (χ0v) is 9.94. The summed E-state index contributed by atoms with van der Waals surface area (Å²) in [6, 6.07) is 0. The summed E-state index contributed by atoms with van der Waals surface area (Å²) in [6.07, 6.45) is 4.55. The summed E-state index contributed by atoms with van der Waals surface area (Å²) < 4.78 is 0.659. The number of hydrogen-bond donors (Lipinski definition) is 0. The van der Waals surface area contributed by atoms with E-state index in [0.717, 1.165) is 12.5 Å². The van der Waals surface area contributed by atoms with Crippen LogP contribution in [0.5, 0.6) is 0 Å². The standard InChI is InChI=1S/C10H15ClN2S/c1-2-8-3-4-13(6-8)7-9-5-12-10(11)14-9/h5,8H,2-4,6-7H2,1H3. The fourth-order valence-electron chi connectivity index (χ4n) is 1.97. The highest BCUT2D eigenvalue weighted by atomic mass is 35.5. The number of likely N-dealkylation sites (tertiary alicyclic amines) is 1. The Morgan fingerprint density at radius 1 is 1.71 bits per heavy atom. The normalized spacial score (nSPS) is 23.1. The third-order valence-electron chi connectivity index (χ3n) is 2.85. The minimum atomic E-state index is 0.659. The van der Waals surface area contributed by atoms with Crippen molar-refractivity contribution in [2.24, 2.45) is 5.92 Å². The van der Waals surface area contributed by atoms with Crippen LogP contribution in [-0.2, 0) is 6.54 Å². The fourth-order valence-corrected chi connectivity index (χ4v) is 2.99. The predicted octanol–water partition coefficient (Wildman–Crippen LogP) is 3.03. The van der Waals surface area contributed by atoms with E-state index in [1.54, 1.807) is 11.3 Å². The molecule has 0 aromatic carbocycles. The maximum Gasteiger partial charge on any atom is 0.183 e. The van der Waals surface area contributed by atoms with Gasteiger partial charge in [-0.05, 0) is 18.9 Å². The van der Waals surface area contributed by atoms with Crippen LogP contribution < -0.4 is 0 Å². The molecule has 14 heavy (non-hydrogen) atoms. The van der Waals surface area contributed by atoms with Gasteiger partial charge >= 0.3 is 0 Å². The second kappa shape index (κ2) is 4.60. The summed E-state index contributed by atoms with van der Waals surface area (Å²) in [7, 11) is 0. The Balaban J connectivity index is 1.87. The van der Waals surface area contributed by atoms with E-state index in [1.165, 1.54) is 30.8 Å². The minimum Gasteiger partial charge on any atom is -0.298 e. The van der Waals surface area contributed by atoms with Crippen LogP contribution in [0.4, 0.5) is 0 Å². The van der Waals surface area contributed by atoms with E-state index < -0.39 is 0 Å². The van der Waals surface area contributed by atoms with Crippen LogP contribution in [0.15, 0.2) is 6.20 Å². The molecule has 1 aromatic rings. The maximum absolute atomic E-state index is 5.79. The molecule has 78 valence electrons. The van der Waals surface area contributed by atoms with E-state index in [-0.39, 0.29) is 0 Å². The average molecular weight is 231 g/mol. The molecule has 0 bridgehead atoms. The van der Waals surface area contributed by atoms with Gasteiger partial charge in [-0.15, -0.1) is 11.3 Å². The van der Waals surface area contributed by atoms with Crippen LogP contribution in [0.3, 0.4) is 0 Å². The summed E-state index contributed by atoms with van der Waals surface area (Å²) in [5.74, 6) is 0.901. The van der Waals surface area contributed by atoms with Gasteiger partial charge in [0, 0.05) is 24.2 Å². The number of rotatable bonds is 3. The molecular formula is C10H15ClN2S. The lowest BCUT2D eigenvalue weighted by Crippen LogP contribution is -2.19. The summed E-state index contributed by atoms with van der Waals surface area (Å²) >= 11 is 7.39. The molecule has 2 nitrogen and oxygen atoms in total. The van der Waals surface area contributed by atoms with E-state index in [4.69, 9.17) is 11.6 Å². The molecule has 1 unspecified atom stereocenters. The van der Waals surface area contributed by atoms with Crippen molar-refractivity contribution in [3.05, 3.63) is 15.5 Å². The minimum absolute atomic E-state index is 0.659. The topological polar surface area (TPSA) is 16.1 Å². The first kappa shape index (κ1) is 10.4. The molecule has 0 N–H and O–H groups in total. The SMILES string of the molecule is CCC1CCN(Cc2cnc(Cl)s2)C1. The lowest BCUT2D eigenvalue weighted by atomic mass is 10.1. The largest absolute Gasteiger partial charge is 0.298 e. The van der Waals surface area contributed by atoms with Gasteiger partial charge in [0.2, 0.25) is 0 Å². The fraction of sp³-hybridized carbons (Fsp3) is 0.700. The summed E-state index contributed by atoms with van der Waals surface area (Å²) in [4.78, 5) is 7.84. The molecule has 2 rings (SSSR count). The molecule has 0 aliphatic carbocycles. The first-order valence-corrected chi connectivity index (χ1v) is 6.30. The molecule has 1 saturated heterocycles. The Hall–Kier alpha value is -0.120. The highest BCUT2D eigenvalue weighted by molar-refractivity contribution is 7.15. The zero-order valence-electron chi connectivity index (χ0n) is 8.37. The average Bonchev–Trinajstić information content (AvgIpc) is 2.76. The molecule has 0 amide bonds. The van der Waals surface area contributed by atoms with Crippen molar-refractivity contribution >= 4 is 22.9 Å². The number of nitrogens with zero attached hydrogens (tertiary/aromatic N) is 2. The van der Waals surface area contributed by atoms with Crippen LogP contribution >= 0.6 is 22.9 Å². The van der Waals surface area contributed by atoms with E-state index in [0.29, 0.717) is 4.47 Å². The van der Waals surface area contributed by atoms with E-state index >= 15 is 0 Å². The van der Waals surface area contributed by atoms with Crippen molar-refractivity contribution in [2.75, 3.05) is 13.1 Å². The molecule has 1 aliphatic rings. The Bertz CT molecular complexity index is 300. The van der Waals surface area contributed by atoms with Crippen molar-refractivity contribution < 1.29 is 0 Å². The Kier molecular flexibility index (Phi) is 3.42. The first-order chi connectivity index (χ1) is 6.78.